The number of piperidine rings is 1. The maximum Gasteiger partial charge on any atom is 0.251 e. The Kier molecular flexibility index (Phi) is 8.28. The molecule has 1 heterocycles. The van der Waals surface area contributed by atoms with Crippen molar-refractivity contribution in [1.29, 1.82) is 0 Å². The van der Waals surface area contributed by atoms with E-state index in [0.29, 0.717) is 5.56 Å². The zero-order valence-corrected chi connectivity index (χ0v) is 19.9. The summed E-state index contributed by atoms with van der Waals surface area (Å²) in [6.45, 7) is 5.40. The summed E-state index contributed by atoms with van der Waals surface area (Å²) in [4.78, 5) is 15.3. The first-order valence-electron chi connectivity index (χ1n) is 11.1. The molecule has 0 atom stereocenters. The number of carbonyl (C=O) groups excluding carboxylic acids is 1. The van der Waals surface area contributed by atoms with Crippen molar-refractivity contribution in [2.75, 3.05) is 33.8 Å². The predicted molar refractivity (Wildman–Crippen MR) is 125 cm³/mol. The SMILES string of the molecule is CCCN1CCC(NC(=O)c2ccc(OC)c(S(=O)(=O)N(C)Cc3ccccc3)c2)CC1. The van der Waals surface area contributed by atoms with Crippen LogP contribution in [0.5, 0.6) is 5.75 Å². The number of ether oxygens (including phenoxy) is 1. The Morgan fingerprint density at radius 3 is 2.47 bits per heavy atom. The fraction of sp³-hybridized carbons (Fsp3) is 0.458. The molecular weight excluding hydrogens is 426 g/mol. The van der Waals surface area contributed by atoms with E-state index >= 15 is 0 Å². The summed E-state index contributed by atoms with van der Waals surface area (Å²) in [7, 11) is -0.909. The van der Waals surface area contributed by atoms with Gasteiger partial charge in [-0.1, -0.05) is 37.3 Å². The van der Waals surface area contributed by atoms with E-state index in [4.69, 9.17) is 4.74 Å². The molecule has 0 unspecified atom stereocenters. The van der Waals surface area contributed by atoms with E-state index < -0.39 is 10.0 Å². The van der Waals surface area contributed by atoms with Crippen molar-refractivity contribution in [1.82, 2.24) is 14.5 Å². The number of likely N-dealkylation sites (tertiary alicyclic amines) is 1. The van der Waals surface area contributed by atoms with E-state index in [1.807, 2.05) is 30.3 Å². The molecule has 1 N–H and O–H groups in total. The lowest BCUT2D eigenvalue weighted by Gasteiger charge is -2.32. The minimum absolute atomic E-state index is 0.0103. The monoisotopic (exact) mass is 459 g/mol. The Hall–Kier alpha value is -2.42. The molecular formula is C24H33N3O4S. The topological polar surface area (TPSA) is 79.0 Å². The van der Waals surface area contributed by atoms with Crippen LogP contribution in [0, 0.1) is 0 Å². The highest BCUT2D eigenvalue weighted by Gasteiger charge is 2.27. The smallest absolute Gasteiger partial charge is 0.251 e. The molecule has 32 heavy (non-hydrogen) atoms. The van der Waals surface area contributed by atoms with Crippen molar-refractivity contribution in [2.45, 2.75) is 43.7 Å². The molecule has 1 aliphatic rings. The lowest BCUT2D eigenvalue weighted by molar-refractivity contribution is 0.0911. The third-order valence-electron chi connectivity index (χ3n) is 5.82. The molecule has 2 aromatic rings. The molecule has 3 rings (SSSR count). The fourth-order valence-electron chi connectivity index (χ4n) is 4.00. The van der Waals surface area contributed by atoms with Crippen LogP contribution in [-0.4, -0.2) is 63.4 Å². The molecule has 8 heteroatoms. The minimum Gasteiger partial charge on any atom is -0.495 e. The number of sulfonamides is 1. The predicted octanol–water partition coefficient (Wildman–Crippen LogP) is 3.12. The Bertz CT molecular complexity index is 1000. The molecule has 0 spiro atoms. The van der Waals surface area contributed by atoms with E-state index in [1.165, 1.54) is 24.5 Å². The maximum absolute atomic E-state index is 13.3. The molecule has 1 saturated heterocycles. The van der Waals surface area contributed by atoms with Crippen molar-refractivity contribution in [3.8, 4) is 5.75 Å². The van der Waals surface area contributed by atoms with Gasteiger partial charge in [-0.2, -0.15) is 4.31 Å². The number of carbonyl (C=O) groups is 1. The van der Waals surface area contributed by atoms with Crippen LogP contribution >= 0.6 is 0 Å². The lowest BCUT2D eigenvalue weighted by atomic mass is 10.0. The van der Waals surface area contributed by atoms with Crippen LogP contribution < -0.4 is 10.1 Å². The number of hydrogen-bond acceptors (Lipinski definition) is 5. The summed E-state index contributed by atoms with van der Waals surface area (Å²) in [6, 6.07) is 14.0. The zero-order valence-electron chi connectivity index (χ0n) is 19.1. The van der Waals surface area contributed by atoms with Gasteiger partial charge in [0.25, 0.3) is 5.91 Å². The van der Waals surface area contributed by atoms with Crippen molar-refractivity contribution in [3.05, 3.63) is 59.7 Å². The third-order valence-corrected chi connectivity index (χ3v) is 7.65. The molecule has 1 aliphatic heterocycles. The van der Waals surface area contributed by atoms with Gasteiger partial charge in [-0.15, -0.1) is 0 Å². The number of methoxy groups -OCH3 is 1. The summed E-state index contributed by atoms with van der Waals surface area (Å²) >= 11 is 0. The highest BCUT2D eigenvalue weighted by Crippen LogP contribution is 2.28. The number of amides is 1. The Balaban J connectivity index is 1.75. The second-order valence-electron chi connectivity index (χ2n) is 8.20. The minimum atomic E-state index is -3.86. The van der Waals surface area contributed by atoms with E-state index in [1.54, 1.807) is 12.1 Å². The van der Waals surface area contributed by atoms with Crippen LogP contribution in [0.1, 0.15) is 42.1 Å². The van der Waals surface area contributed by atoms with Crippen LogP contribution in [0.2, 0.25) is 0 Å². The number of nitrogens with one attached hydrogen (secondary N) is 1. The standard InChI is InChI=1S/C24H33N3O4S/c1-4-14-27-15-12-21(13-16-27)25-24(28)20-10-11-22(31-3)23(17-20)32(29,30)26(2)18-19-8-6-5-7-9-19/h5-11,17,21H,4,12-16,18H2,1-3H3,(H,25,28). The van der Waals surface area contributed by atoms with Gasteiger partial charge in [-0.3, -0.25) is 4.79 Å². The second kappa shape index (κ2) is 10.9. The van der Waals surface area contributed by atoms with E-state index in [9.17, 15) is 13.2 Å². The molecule has 0 aromatic heterocycles. The molecule has 0 bridgehead atoms. The lowest BCUT2D eigenvalue weighted by Crippen LogP contribution is -2.44. The van der Waals surface area contributed by atoms with Crippen molar-refractivity contribution >= 4 is 15.9 Å². The van der Waals surface area contributed by atoms with Crippen LogP contribution in [-0.2, 0) is 16.6 Å². The molecule has 2 aromatic carbocycles. The normalized spacial score (nSPS) is 15.6. The van der Waals surface area contributed by atoms with E-state index in [2.05, 4.69) is 17.1 Å². The number of hydrogen-bond donors (Lipinski definition) is 1. The van der Waals surface area contributed by atoms with E-state index in [0.717, 1.165) is 44.5 Å². The van der Waals surface area contributed by atoms with Crippen LogP contribution in [0.4, 0.5) is 0 Å². The zero-order chi connectivity index (χ0) is 23.1. The largest absolute Gasteiger partial charge is 0.495 e. The number of nitrogens with zero attached hydrogens (tertiary/aromatic N) is 2. The van der Waals surface area contributed by atoms with Gasteiger partial charge in [0.1, 0.15) is 10.6 Å². The van der Waals surface area contributed by atoms with Gasteiger partial charge in [0.15, 0.2) is 0 Å². The third kappa shape index (κ3) is 5.88. The van der Waals surface area contributed by atoms with Crippen molar-refractivity contribution in [3.63, 3.8) is 0 Å². The highest BCUT2D eigenvalue weighted by molar-refractivity contribution is 7.89. The molecule has 0 radical (unpaired) electrons. The second-order valence-corrected chi connectivity index (χ2v) is 10.2. The van der Waals surface area contributed by atoms with Crippen LogP contribution in [0.3, 0.4) is 0 Å². The van der Waals surface area contributed by atoms with Gasteiger partial charge in [0, 0.05) is 38.3 Å². The average molecular weight is 460 g/mol. The number of benzene rings is 2. The summed E-state index contributed by atoms with van der Waals surface area (Å²) in [6.07, 6.45) is 2.92. The molecule has 1 amide bonds. The van der Waals surface area contributed by atoms with Gasteiger partial charge in [-0.05, 0) is 49.6 Å². The fourth-order valence-corrected chi connectivity index (χ4v) is 5.34. The van der Waals surface area contributed by atoms with Crippen molar-refractivity contribution < 1.29 is 17.9 Å². The van der Waals surface area contributed by atoms with Crippen molar-refractivity contribution in [2.24, 2.45) is 0 Å². The van der Waals surface area contributed by atoms with Crippen LogP contribution in [0.25, 0.3) is 0 Å². The average Bonchev–Trinajstić information content (AvgIpc) is 2.80. The first-order valence-corrected chi connectivity index (χ1v) is 12.5. The van der Waals surface area contributed by atoms with E-state index in [-0.39, 0.29) is 29.1 Å². The molecule has 1 fully saturated rings. The summed E-state index contributed by atoms with van der Waals surface area (Å²) < 4.78 is 33.2. The maximum atomic E-state index is 13.3. The first kappa shape index (κ1) is 24.2. The molecule has 0 saturated carbocycles. The summed E-state index contributed by atoms with van der Waals surface area (Å²) in [5, 5.41) is 3.07. The van der Waals surface area contributed by atoms with Gasteiger partial charge >= 0.3 is 0 Å². The first-order chi connectivity index (χ1) is 15.3. The molecule has 174 valence electrons. The Morgan fingerprint density at radius 1 is 1.16 bits per heavy atom. The number of rotatable bonds is 9. The summed E-state index contributed by atoms with van der Waals surface area (Å²) in [5.41, 5.74) is 1.19. The Morgan fingerprint density at radius 2 is 1.84 bits per heavy atom. The van der Waals surface area contributed by atoms with Gasteiger partial charge in [0.05, 0.1) is 7.11 Å². The Labute approximate surface area is 191 Å². The van der Waals surface area contributed by atoms with Crippen LogP contribution in [0.15, 0.2) is 53.4 Å². The van der Waals surface area contributed by atoms with Gasteiger partial charge < -0.3 is 15.0 Å². The highest BCUT2D eigenvalue weighted by atomic mass is 32.2. The molecule has 0 aliphatic carbocycles. The van der Waals surface area contributed by atoms with Gasteiger partial charge in [0.2, 0.25) is 10.0 Å². The summed E-state index contributed by atoms with van der Waals surface area (Å²) in [5.74, 6) is -0.0434. The quantitative estimate of drug-likeness (QED) is 0.623. The molecule has 7 nitrogen and oxygen atoms in total. The van der Waals surface area contributed by atoms with Gasteiger partial charge in [-0.25, -0.2) is 8.42 Å².